The van der Waals surface area contributed by atoms with E-state index in [4.69, 9.17) is 0 Å². The molecule has 0 heterocycles. The average Bonchev–Trinajstić information content (AvgIpc) is 3.12. The molecule has 0 atom stereocenters. The fraction of sp³-hybridized carbons (Fsp3) is 0.667. The van der Waals surface area contributed by atoms with Gasteiger partial charge in [0.25, 0.3) is 0 Å². The molecular weight excluding hydrogens is 362 g/mol. The van der Waals surface area contributed by atoms with Crippen molar-refractivity contribution in [3.8, 4) is 0 Å². The summed E-state index contributed by atoms with van der Waals surface area (Å²) in [5.41, 5.74) is 2.88. The summed E-state index contributed by atoms with van der Waals surface area (Å²) in [7, 11) is 4.01. The van der Waals surface area contributed by atoms with Crippen molar-refractivity contribution < 1.29 is 9.59 Å². The van der Waals surface area contributed by atoms with Crippen LogP contribution in [0.25, 0.3) is 0 Å². The molecule has 0 unspecified atom stereocenters. The van der Waals surface area contributed by atoms with E-state index in [1.54, 1.807) is 0 Å². The van der Waals surface area contributed by atoms with Crippen LogP contribution in [0.15, 0.2) is 18.2 Å². The number of carbonyl (C=O) groups excluding carboxylic acids is 2. The minimum absolute atomic E-state index is 0.0499. The molecule has 1 aromatic rings. The zero-order chi connectivity index (χ0) is 21.8. The molecule has 1 aliphatic carbocycles. The van der Waals surface area contributed by atoms with E-state index in [9.17, 15) is 9.59 Å². The standard InChI is InChI=1S/C24H39N3O2/c1-17(2)27(22(28)15-24(3,4)5)16-19-14-20(12-13-21(19)26(6)7)25-23(29)18-10-8-9-11-18/h12-14,17-18H,8-11,15-16H2,1-7H3,(H,25,29). The Morgan fingerprint density at radius 1 is 1.14 bits per heavy atom. The van der Waals surface area contributed by atoms with E-state index in [0.29, 0.717) is 13.0 Å². The smallest absolute Gasteiger partial charge is 0.227 e. The minimum Gasteiger partial charge on any atom is -0.377 e. The predicted molar refractivity (Wildman–Crippen MR) is 121 cm³/mol. The van der Waals surface area contributed by atoms with Gasteiger partial charge in [0.2, 0.25) is 11.8 Å². The topological polar surface area (TPSA) is 52.7 Å². The highest BCUT2D eigenvalue weighted by Crippen LogP contribution is 2.29. The third kappa shape index (κ3) is 6.76. The van der Waals surface area contributed by atoms with E-state index >= 15 is 0 Å². The highest BCUT2D eigenvalue weighted by molar-refractivity contribution is 5.93. The Morgan fingerprint density at radius 3 is 2.28 bits per heavy atom. The van der Waals surface area contributed by atoms with Crippen molar-refractivity contribution in [1.29, 1.82) is 0 Å². The van der Waals surface area contributed by atoms with E-state index in [0.717, 1.165) is 42.6 Å². The Balaban J connectivity index is 2.25. The van der Waals surface area contributed by atoms with E-state index in [1.165, 1.54) is 0 Å². The molecule has 2 amide bonds. The van der Waals surface area contributed by atoms with Gasteiger partial charge in [0, 0.05) is 50.4 Å². The highest BCUT2D eigenvalue weighted by Gasteiger charge is 2.25. The molecule has 0 bridgehead atoms. The first-order valence-corrected chi connectivity index (χ1v) is 10.9. The first-order valence-electron chi connectivity index (χ1n) is 10.9. The summed E-state index contributed by atoms with van der Waals surface area (Å²) in [6.07, 6.45) is 4.76. The SMILES string of the molecule is CC(C)N(Cc1cc(NC(=O)C2CCCC2)ccc1N(C)C)C(=O)CC(C)(C)C. The summed E-state index contributed by atoms with van der Waals surface area (Å²) in [5, 5.41) is 3.10. The van der Waals surface area contributed by atoms with Crippen LogP contribution >= 0.6 is 0 Å². The Kier molecular flexibility index (Phi) is 7.73. The maximum absolute atomic E-state index is 13.0. The number of benzene rings is 1. The molecule has 5 heteroatoms. The van der Waals surface area contributed by atoms with E-state index in [2.05, 4.69) is 44.8 Å². The lowest BCUT2D eigenvalue weighted by atomic mass is 9.91. The highest BCUT2D eigenvalue weighted by atomic mass is 16.2. The molecule has 1 fully saturated rings. The van der Waals surface area contributed by atoms with E-state index in [1.807, 2.05) is 37.2 Å². The normalized spacial score (nSPS) is 14.9. The summed E-state index contributed by atoms with van der Waals surface area (Å²) in [6.45, 7) is 10.9. The molecule has 1 aliphatic rings. The number of nitrogens with zero attached hydrogens (tertiary/aromatic N) is 2. The van der Waals surface area contributed by atoms with Crippen LogP contribution in [0.4, 0.5) is 11.4 Å². The van der Waals surface area contributed by atoms with Crippen LogP contribution < -0.4 is 10.2 Å². The van der Waals surface area contributed by atoms with Crippen molar-refractivity contribution in [3.05, 3.63) is 23.8 Å². The fourth-order valence-electron chi connectivity index (χ4n) is 3.96. The van der Waals surface area contributed by atoms with Crippen molar-refractivity contribution in [2.45, 2.75) is 79.3 Å². The molecule has 0 aliphatic heterocycles. The first-order chi connectivity index (χ1) is 13.5. The van der Waals surface area contributed by atoms with Crippen molar-refractivity contribution in [1.82, 2.24) is 4.90 Å². The average molecular weight is 402 g/mol. The van der Waals surface area contributed by atoms with E-state index in [-0.39, 0.29) is 29.2 Å². The van der Waals surface area contributed by atoms with Crippen LogP contribution in [0.1, 0.15) is 72.3 Å². The van der Waals surface area contributed by atoms with Gasteiger partial charge in [0.05, 0.1) is 0 Å². The van der Waals surface area contributed by atoms with Crippen molar-refractivity contribution in [2.75, 3.05) is 24.3 Å². The third-order valence-electron chi connectivity index (χ3n) is 5.52. The third-order valence-corrected chi connectivity index (χ3v) is 5.52. The number of anilines is 2. The van der Waals surface area contributed by atoms with Crippen LogP contribution in [-0.4, -0.2) is 36.9 Å². The van der Waals surface area contributed by atoms with Gasteiger partial charge in [-0.05, 0) is 55.9 Å². The molecule has 0 aromatic heterocycles. The number of amides is 2. The Bertz CT molecular complexity index is 713. The van der Waals surface area contributed by atoms with Crippen LogP contribution in [0.3, 0.4) is 0 Å². The van der Waals surface area contributed by atoms with Gasteiger partial charge in [-0.2, -0.15) is 0 Å². The zero-order valence-electron chi connectivity index (χ0n) is 19.3. The fourth-order valence-corrected chi connectivity index (χ4v) is 3.96. The van der Waals surface area contributed by atoms with Crippen molar-refractivity contribution in [2.24, 2.45) is 11.3 Å². The molecule has 2 rings (SSSR count). The summed E-state index contributed by atoms with van der Waals surface area (Å²) < 4.78 is 0. The molecule has 1 saturated carbocycles. The molecule has 5 nitrogen and oxygen atoms in total. The van der Waals surface area contributed by atoms with Gasteiger partial charge >= 0.3 is 0 Å². The monoisotopic (exact) mass is 401 g/mol. The molecule has 29 heavy (non-hydrogen) atoms. The second-order valence-electron chi connectivity index (χ2n) is 10.1. The first kappa shape index (κ1) is 23.2. The van der Waals surface area contributed by atoms with Gasteiger partial charge in [0.1, 0.15) is 0 Å². The quantitative estimate of drug-likeness (QED) is 0.695. The van der Waals surface area contributed by atoms with Crippen LogP contribution in [0.5, 0.6) is 0 Å². The molecule has 0 saturated heterocycles. The molecule has 0 radical (unpaired) electrons. The molecular formula is C24H39N3O2. The molecule has 1 N–H and O–H groups in total. The van der Waals surface area contributed by atoms with Gasteiger partial charge < -0.3 is 15.1 Å². The summed E-state index contributed by atoms with van der Waals surface area (Å²) >= 11 is 0. The van der Waals surface area contributed by atoms with Gasteiger partial charge in [-0.1, -0.05) is 33.6 Å². The van der Waals surface area contributed by atoms with Crippen molar-refractivity contribution in [3.63, 3.8) is 0 Å². The number of hydrogen-bond acceptors (Lipinski definition) is 3. The van der Waals surface area contributed by atoms with Crippen LogP contribution in [0.2, 0.25) is 0 Å². The zero-order valence-corrected chi connectivity index (χ0v) is 19.3. The number of nitrogens with one attached hydrogen (secondary N) is 1. The van der Waals surface area contributed by atoms with Gasteiger partial charge in [-0.3, -0.25) is 9.59 Å². The Labute approximate surface area is 176 Å². The summed E-state index contributed by atoms with van der Waals surface area (Å²) in [6, 6.07) is 6.13. The molecule has 162 valence electrons. The Morgan fingerprint density at radius 2 is 1.76 bits per heavy atom. The predicted octanol–water partition coefficient (Wildman–Crippen LogP) is 5.05. The second-order valence-corrected chi connectivity index (χ2v) is 10.1. The molecule has 1 aromatic carbocycles. The van der Waals surface area contributed by atoms with E-state index < -0.39 is 0 Å². The van der Waals surface area contributed by atoms with Crippen LogP contribution in [0, 0.1) is 11.3 Å². The maximum Gasteiger partial charge on any atom is 0.227 e. The van der Waals surface area contributed by atoms with Crippen molar-refractivity contribution >= 4 is 23.2 Å². The number of hydrogen-bond donors (Lipinski definition) is 1. The number of carbonyl (C=O) groups is 2. The summed E-state index contributed by atoms with van der Waals surface area (Å²) in [5.74, 6) is 0.417. The van der Waals surface area contributed by atoms with Crippen LogP contribution in [-0.2, 0) is 16.1 Å². The summed E-state index contributed by atoms with van der Waals surface area (Å²) in [4.78, 5) is 29.5. The number of rotatable bonds is 7. The lowest BCUT2D eigenvalue weighted by Gasteiger charge is -2.31. The van der Waals surface area contributed by atoms with Gasteiger partial charge in [0.15, 0.2) is 0 Å². The largest absolute Gasteiger partial charge is 0.377 e. The van der Waals surface area contributed by atoms with Gasteiger partial charge in [-0.25, -0.2) is 0 Å². The maximum atomic E-state index is 13.0. The minimum atomic E-state index is -0.0499. The lowest BCUT2D eigenvalue weighted by molar-refractivity contribution is -0.135. The van der Waals surface area contributed by atoms with Gasteiger partial charge in [-0.15, -0.1) is 0 Å². The lowest BCUT2D eigenvalue weighted by Crippen LogP contribution is -2.38. The molecule has 0 spiro atoms. The second kappa shape index (κ2) is 9.64. The Hall–Kier alpha value is -2.04.